The first-order valence-electron chi connectivity index (χ1n) is 6.06. The second-order valence-corrected chi connectivity index (χ2v) is 4.37. The van der Waals surface area contributed by atoms with Gasteiger partial charge in [-0.05, 0) is 25.3 Å². The van der Waals surface area contributed by atoms with Crippen molar-refractivity contribution in [3.05, 3.63) is 22.9 Å². The Labute approximate surface area is 110 Å². The minimum Gasteiger partial charge on any atom is -0.478 e. The van der Waals surface area contributed by atoms with Gasteiger partial charge in [0.15, 0.2) is 6.29 Å². The fourth-order valence-electron chi connectivity index (χ4n) is 2.20. The average molecular weight is 259 g/mol. The third-order valence-corrected chi connectivity index (χ3v) is 3.15. The monoisotopic (exact) mass is 259 g/mol. The average Bonchev–Trinajstić information content (AvgIpc) is 2.46. The van der Waals surface area contributed by atoms with Gasteiger partial charge in [-0.25, -0.2) is 9.78 Å². The van der Waals surface area contributed by atoms with Crippen molar-refractivity contribution >= 4 is 18.1 Å². The number of carbonyl (C=O) groups is 2. The highest BCUT2D eigenvalue weighted by Gasteiger charge is 2.22. The predicted octanol–water partition coefficient (Wildman–Crippen LogP) is 1.45. The highest BCUT2D eigenvalue weighted by molar-refractivity contribution is 5.95. The van der Waals surface area contributed by atoms with Gasteiger partial charge in [-0.15, -0.1) is 0 Å². The second-order valence-electron chi connectivity index (χ2n) is 4.37. The Bertz CT molecular complexity index is 557. The molecule has 0 amide bonds. The first-order valence-corrected chi connectivity index (χ1v) is 6.06. The number of carboxylic acid groups (broad SMARTS) is 1. The largest absolute Gasteiger partial charge is 0.478 e. The summed E-state index contributed by atoms with van der Waals surface area (Å²) in [5.41, 5.74) is -0.0368. The molecule has 1 aliphatic heterocycles. The lowest BCUT2D eigenvalue weighted by atomic mass is 10.1. The first-order chi connectivity index (χ1) is 9.17. The molecule has 0 spiro atoms. The van der Waals surface area contributed by atoms with Gasteiger partial charge >= 0.3 is 5.97 Å². The van der Waals surface area contributed by atoms with Gasteiger partial charge in [0.1, 0.15) is 23.1 Å². The molecule has 0 bridgehead atoms. The molecular formula is C13H13N3O3. The number of carbonyl (C=O) groups excluding carboxylic acids is 1. The number of nitriles is 1. The number of hydrogen-bond donors (Lipinski definition) is 1. The topological polar surface area (TPSA) is 94.3 Å². The maximum atomic E-state index is 11.3. The molecule has 1 aromatic rings. The van der Waals surface area contributed by atoms with E-state index in [9.17, 15) is 14.7 Å². The molecule has 0 unspecified atom stereocenters. The van der Waals surface area contributed by atoms with Crippen molar-refractivity contribution < 1.29 is 14.7 Å². The summed E-state index contributed by atoms with van der Waals surface area (Å²) >= 11 is 0. The number of pyridine rings is 1. The third kappa shape index (κ3) is 2.55. The van der Waals surface area contributed by atoms with E-state index in [-0.39, 0.29) is 22.6 Å². The number of aldehydes is 1. The maximum absolute atomic E-state index is 11.3. The van der Waals surface area contributed by atoms with Crippen LogP contribution in [0.2, 0.25) is 0 Å². The van der Waals surface area contributed by atoms with Crippen LogP contribution in [-0.4, -0.2) is 35.4 Å². The summed E-state index contributed by atoms with van der Waals surface area (Å²) in [6.07, 6.45) is 3.53. The van der Waals surface area contributed by atoms with Crippen LogP contribution in [-0.2, 0) is 0 Å². The summed E-state index contributed by atoms with van der Waals surface area (Å²) in [6.45, 7) is 1.44. The Hall–Kier alpha value is -2.42. The van der Waals surface area contributed by atoms with Gasteiger partial charge in [-0.2, -0.15) is 5.26 Å². The number of anilines is 1. The molecule has 0 aliphatic carbocycles. The zero-order valence-electron chi connectivity index (χ0n) is 10.3. The number of carboxylic acids is 1. The summed E-state index contributed by atoms with van der Waals surface area (Å²) < 4.78 is 0. The molecule has 2 heterocycles. The summed E-state index contributed by atoms with van der Waals surface area (Å²) in [5, 5.41) is 18.1. The van der Waals surface area contributed by atoms with Crippen LogP contribution in [0.25, 0.3) is 0 Å². The molecule has 19 heavy (non-hydrogen) atoms. The minimum absolute atomic E-state index is 0.00633. The number of aromatic nitrogens is 1. The maximum Gasteiger partial charge on any atom is 0.339 e. The lowest BCUT2D eigenvalue weighted by Gasteiger charge is -2.29. The highest BCUT2D eigenvalue weighted by atomic mass is 16.4. The molecule has 1 saturated heterocycles. The Morgan fingerprint density at radius 3 is 2.63 bits per heavy atom. The molecule has 98 valence electrons. The molecule has 1 aliphatic rings. The van der Waals surface area contributed by atoms with E-state index in [0.29, 0.717) is 6.29 Å². The molecule has 0 aromatic carbocycles. The van der Waals surface area contributed by atoms with Crippen molar-refractivity contribution in [2.45, 2.75) is 19.3 Å². The van der Waals surface area contributed by atoms with Gasteiger partial charge in [-0.3, -0.25) is 4.79 Å². The van der Waals surface area contributed by atoms with E-state index in [1.54, 1.807) is 6.07 Å². The standard InChI is InChI=1S/C13H13N3O3/c14-7-9-6-10(13(18)19)12(15-11(9)8-17)16-4-2-1-3-5-16/h6,8H,1-5H2,(H,18,19). The fourth-order valence-corrected chi connectivity index (χ4v) is 2.20. The van der Waals surface area contributed by atoms with Crippen LogP contribution < -0.4 is 4.90 Å². The zero-order valence-corrected chi connectivity index (χ0v) is 10.3. The molecule has 1 fully saturated rings. The van der Waals surface area contributed by atoms with Crippen LogP contribution in [0.5, 0.6) is 0 Å². The lowest BCUT2D eigenvalue weighted by molar-refractivity contribution is 0.0696. The molecule has 2 rings (SSSR count). The van der Waals surface area contributed by atoms with Crippen LogP contribution in [0.3, 0.4) is 0 Å². The highest BCUT2D eigenvalue weighted by Crippen LogP contribution is 2.24. The SMILES string of the molecule is N#Cc1cc(C(=O)O)c(N2CCCCC2)nc1C=O. The van der Waals surface area contributed by atoms with Crippen molar-refractivity contribution in [2.75, 3.05) is 18.0 Å². The first kappa shape index (κ1) is 13.0. The van der Waals surface area contributed by atoms with E-state index in [0.717, 1.165) is 32.4 Å². The van der Waals surface area contributed by atoms with Crippen LogP contribution in [0.1, 0.15) is 45.7 Å². The number of hydrogen-bond acceptors (Lipinski definition) is 5. The van der Waals surface area contributed by atoms with Gasteiger partial charge < -0.3 is 10.0 Å². The number of nitrogens with zero attached hydrogens (tertiary/aromatic N) is 3. The van der Waals surface area contributed by atoms with Crippen LogP contribution in [0, 0.1) is 11.3 Å². The third-order valence-electron chi connectivity index (χ3n) is 3.15. The van der Waals surface area contributed by atoms with E-state index in [4.69, 9.17) is 5.26 Å². The van der Waals surface area contributed by atoms with Gasteiger partial charge in [-0.1, -0.05) is 0 Å². The van der Waals surface area contributed by atoms with Crippen molar-refractivity contribution in [2.24, 2.45) is 0 Å². The molecular weight excluding hydrogens is 246 g/mol. The molecule has 0 atom stereocenters. The molecule has 0 radical (unpaired) electrons. The van der Waals surface area contributed by atoms with Crippen LogP contribution >= 0.6 is 0 Å². The molecule has 6 nitrogen and oxygen atoms in total. The number of aromatic carboxylic acids is 1. The molecule has 1 N–H and O–H groups in total. The van der Waals surface area contributed by atoms with E-state index in [1.807, 2.05) is 4.90 Å². The van der Waals surface area contributed by atoms with Crippen molar-refractivity contribution in [1.82, 2.24) is 4.98 Å². The normalized spacial score (nSPS) is 14.8. The van der Waals surface area contributed by atoms with E-state index in [1.165, 1.54) is 6.07 Å². The lowest BCUT2D eigenvalue weighted by Crippen LogP contribution is -2.32. The molecule has 6 heteroatoms. The zero-order chi connectivity index (χ0) is 13.8. The Balaban J connectivity index is 2.53. The summed E-state index contributed by atoms with van der Waals surface area (Å²) in [5.74, 6) is -0.852. The van der Waals surface area contributed by atoms with E-state index < -0.39 is 5.97 Å². The fraction of sp³-hybridized carbons (Fsp3) is 0.385. The Kier molecular flexibility index (Phi) is 3.76. The van der Waals surface area contributed by atoms with Gasteiger partial charge in [0.25, 0.3) is 0 Å². The summed E-state index contributed by atoms with van der Waals surface area (Å²) in [4.78, 5) is 28.1. The smallest absolute Gasteiger partial charge is 0.339 e. The van der Waals surface area contributed by atoms with Crippen LogP contribution in [0.15, 0.2) is 6.07 Å². The Morgan fingerprint density at radius 1 is 1.42 bits per heavy atom. The van der Waals surface area contributed by atoms with Gasteiger partial charge in [0, 0.05) is 13.1 Å². The Morgan fingerprint density at radius 2 is 2.11 bits per heavy atom. The van der Waals surface area contributed by atoms with Crippen LogP contribution in [0.4, 0.5) is 5.82 Å². The van der Waals surface area contributed by atoms with Crippen molar-refractivity contribution in [3.8, 4) is 6.07 Å². The van der Waals surface area contributed by atoms with Crippen molar-refractivity contribution in [1.29, 1.82) is 5.26 Å². The predicted molar refractivity (Wildman–Crippen MR) is 67.4 cm³/mol. The quantitative estimate of drug-likeness (QED) is 0.826. The molecule has 0 saturated carbocycles. The number of rotatable bonds is 3. The second kappa shape index (κ2) is 5.48. The summed E-state index contributed by atoms with van der Waals surface area (Å²) in [7, 11) is 0. The van der Waals surface area contributed by atoms with Crippen molar-refractivity contribution in [3.63, 3.8) is 0 Å². The van der Waals surface area contributed by atoms with Gasteiger partial charge in [0.05, 0.1) is 5.56 Å². The minimum atomic E-state index is -1.14. The van der Waals surface area contributed by atoms with E-state index >= 15 is 0 Å². The van der Waals surface area contributed by atoms with Gasteiger partial charge in [0.2, 0.25) is 0 Å². The van der Waals surface area contributed by atoms with E-state index in [2.05, 4.69) is 4.98 Å². The molecule has 1 aromatic heterocycles. The number of piperidine rings is 1. The summed E-state index contributed by atoms with van der Waals surface area (Å²) in [6, 6.07) is 3.02.